The van der Waals surface area contributed by atoms with E-state index >= 15 is 0 Å². The number of rotatable bonds is 5. The Hall–Kier alpha value is -3.01. The van der Waals surface area contributed by atoms with Crippen LogP contribution in [-0.4, -0.2) is 28.8 Å². The third-order valence-electron chi connectivity index (χ3n) is 6.05. The van der Waals surface area contributed by atoms with Gasteiger partial charge in [-0.3, -0.25) is 4.79 Å². The molecular weight excluding hydrogens is 405 g/mol. The lowest BCUT2D eigenvalue weighted by molar-refractivity contribution is -0.125. The number of nitrogen functional groups attached to an aromatic ring is 1. The summed E-state index contributed by atoms with van der Waals surface area (Å²) >= 11 is 0. The van der Waals surface area contributed by atoms with Gasteiger partial charge in [-0.2, -0.15) is 10.2 Å². The van der Waals surface area contributed by atoms with E-state index in [1.54, 1.807) is 12.1 Å². The van der Waals surface area contributed by atoms with Crippen LogP contribution >= 0.6 is 0 Å². The van der Waals surface area contributed by atoms with Gasteiger partial charge in [0.25, 0.3) is 0 Å². The minimum Gasteiger partial charge on any atom is -0.368 e. The van der Waals surface area contributed by atoms with E-state index in [-0.39, 0.29) is 28.8 Å². The minimum absolute atomic E-state index is 0.0161. The van der Waals surface area contributed by atoms with E-state index in [9.17, 15) is 9.18 Å². The monoisotopic (exact) mass is 437 g/mol. The Morgan fingerprint density at radius 1 is 1.31 bits per heavy atom. The molecule has 0 saturated carbocycles. The number of nitriles is 1. The summed E-state index contributed by atoms with van der Waals surface area (Å²) in [7, 11) is 0. The Balaban J connectivity index is 1.86. The van der Waals surface area contributed by atoms with Crippen molar-refractivity contribution in [2.75, 3.05) is 23.7 Å². The number of halogens is 1. The maximum atomic E-state index is 14.1. The van der Waals surface area contributed by atoms with Crippen molar-refractivity contribution in [2.24, 2.45) is 23.2 Å². The van der Waals surface area contributed by atoms with Crippen molar-refractivity contribution in [1.29, 1.82) is 5.26 Å². The van der Waals surface area contributed by atoms with Gasteiger partial charge in [0.1, 0.15) is 23.5 Å². The van der Waals surface area contributed by atoms with Gasteiger partial charge in [0.2, 0.25) is 5.95 Å². The van der Waals surface area contributed by atoms with E-state index in [2.05, 4.69) is 42.6 Å². The molecule has 1 aromatic carbocycles. The van der Waals surface area contributed by atoms with Crippen LogP contribution in [0.25, 0.3) is 11.3 Å². The maximum absolute atomic E-state index is 14.1. The van der Waals surface area contributed by atoms with Gasteiger partial charge in [-0.05, 0) is 35.8 Å². The van der Waals surface area contributed by atoms with Gasteiger partial charge in [0.15, 0.2) is 0 Å². The number of nitrogens with two attached hydrogens (primary N) is 1. The first-order chi connectivity index (χ1) is 15.0. The number of nitrogens with zero attached hydrogens (tertiary/aromatic N) is 4. The van der Waals surface area contributed by atoms with E-state index in [1.807, 2.05) is 13.0 Å². The van der Waals surface area contributed by atoms with Gasteiger partial charge < -0.3 is 10.6 Å². The molecule has 32 heavy (non-hydrogen) atoms. The van der Waals surface area contributed by atoms with Crippen LogP contribution in [0.1, 0.15) is 53.0 Å². The lowest BCUT2D eigenvalue weighted by Crippen LogP contribution is -2.44. The summed E-state index contributed by atoms with van der Waals surface area (Å²) in [6, 6.07) is 8.00. The highest BCUT2D eigenvalue weighted by Gasteiger charge is 2.33. The molecule has 0 bridgehead atoms. The molecule has 1 aliphatic rings. The minimum atomic E-state index is -0.596. The fourth-order valence-electron chi connectivity index (χ4n) is 4.42. The van der Waals surface area contributed by atoms with E-state index in [4.69, 9.17) is 11.0 Å². The lowest BCUT2D eigenvalue weighted by Gasteiger charge is -2.40. The molecule has 0 aliphatic carbocycles. The van der Waals surface area contributed by atoms with Crippen LogP contribution in [-0.2, 0) is 4.79 Å². The molecule has 0 spiro atoms. The van der Waals surface area contributed by atoms with Crippen molar-refractivity contribution in [2.45, 2.75) is 47.5 Å². The van der Waals surface area contributed by atoms with Crippen LogP contribution in [0.4, 0.5) is 16.2 Å². The van der Waals surface area contributed by atoms with Crippen molar-refractivity contribution in [3.05, 3.63) is 35.6 Å². The van der Waals surface area contributed by atoms with Crippen LogP contribution in [0.3, 0.4) is 0 Å². The van der Waals surface area contributed by atoms with E-state index in [1.165, 1.54) is 12.1 Å². The third-order valence-corrected chi connectivity index (χ3v) is 6.05. The number of piperidine rings is 1. The van der Waals surface area contributed by atoms with Crippen molar-refractivity contribution in [3.8, 4) is 17.3 Å². The first-order valence-corrected chi connectivity index (χ1v) is 11.1. The summed E-state index contributed by atoms with van der Waals surface area (Å²) in [6.45, 7) is 12.0. The first kappa shape index (κ1) is 23.6. The normalized spacial score (nSPS) is 20.0. The highest BCUT2D eigenvalue weighted by atomic mass is 19.1. The zero-order valence-corrected chi connectivity index (χ0v) is 19.5. The molecule has 3 rings (SSSR count). The fraction of sp³-hybridized carbons (Fsp3) is 0.520. The number of hydrogen-bond donors (Lipinski definition) is 1. The number of aromatic nitrogens is 2. The Kier molecular flexibility index (Phi) is 6.82. The summed E-state index contributed by atoms with van der Waals surface area (Å²) in [4.78, 5) is 23.7. The molecule has 0 radical (unpaired) electrons. The van der Waals surface area contributed by atoms with Crippen LogP contribution in [0.5, 0.6) is 0 Å². The van der Waals surface area contributed by atoms with E-state index in [0.717, 1.165) is 13.0 Å². The quantitative estimate of drug-likeness (QED) is 0.719. The average molecular weight is 438 g/mol. The smallest absolute Gasteiger partial charge is 0.222 e. The molecule has 1 saturated heterocycles. The molecule has 2 N–H and O–H groups in total. The number of benzene rings is 1. The SMILES string of the molecule is CC1CC(C(C)C(=O)CC(C)(C)C)CN(c2cc(-c3ccc(C#N)c(F)c3)nc(N)n2)C1. The van der Waals surface area contributed by atoms with Crippen molar-refractivity contribution in [3.63, 3.8) is 0 Å². The molecule has 2 aromatic rings. The number of ketones is 1. The van der Waals surface area contributed by atoms with Gasteiger partial charge in [0, 0.05) is 37.1 Å². The number of Topliss-reactive ketones (excluding diaryl/α,β-unsaturated/α-hetero) is 1. The predicted molar refractivity (Wildman–Crippen MR) is 124 cm³/mol. The van der Waals surface area contributed by atoms with Gasteiger partial charge in [0.05, 0.1) is 11.3 Å². The molecule has 3 atom stereocenters. The predicted octanol–water partition coefficient (Wildman–Crippen LogP) is 4.84. The lowest BCUT2D eigenvalue weighted by atomic mass is 9.77. The summed E-state index contributed by atoms with van der Waals surface area (Å²) in [5, 5.41) is 8.97. The van der Waals surface area contributed by atoms with Crippen molar-refractivity contribution in [1.82, 2.24) is 9.97 Å². The van der Waals surface area contributed by atoms with Crippen molar-refractivity contribution >= 4 is 17.5 Å². The van der Waals surface area contributed by atoms with Gasteiger partial charge >= 0.3 is 0 Å². The topological polar surface area (TPSA) is 95.9 Å². The van der Waals surface area contributed by atoms with E-state index < -0.39 is 5.82 Å². The number of carbonyl (C=O) groups excluding carboxylic acids is 1. The van der Waals surface area contributed by atoms with Crippen LogP contribution in [0, 0.1) is 40.3 Å². The zero-order chi connectivity index (χ0) is 23.6. The molecule has 2 heterocycles. The highest BCUT2D eigenvalue weighted by molar-refractivity contribution is 5.81. The third kappa shape index (κ3) is 5.61. The van der Waals surface area contributed by atoms with Crippen LogP contribution in [0.15, 0.2) is 24.3 Å². The standard InChI is InChI=1S/C25H32FN5O/c1-15-8-19(16(2)22(32)11-25(3,4)5)14-31(13-15)23-10-21(29-24(28)30-23)17-6-7-18(12-27)20(26)9-17/h6-7,9-10,15-16,19H,8,11,13-14H2,1-5H3,(H2,28,29,30). The molecule has 7 heteroatoms. The fourth-order valence-corrected chi connectivity index (χ4v) is 4.42. The van der Waals surface area contributed by atoms with Crippen molar-refractivity contribution < 1.29 is 9.18 Å². The summed E-state index contributed by atoms with van der Waals surface area (Å²) in [5.74, 6) is 1.06. The highest BCUT2D eigenvalue weighted by Crippen LogP contribution is 2.34. The average Bonchev–Trinajstić information content (AvgIpc) is 2.71. The zero-order valence-electron chi connectivity index (χ0n) is 19.5. The Morgan fingerprint density at radius 3 is 2.66 bits per heavy atom. The Bertz CT molecular complexity index is 1040. The summed E-state index contributed by atoms with van der Waals surface area (Å²) < 4.78 is 14.1. The molecule has 1 aliphatic heterocycles. The Labute approximate surface area is 189 Å². The molecule has 1 aromatic heterocycles. The molecule has 1 fully saturated rings. The number of hydrogen-bond acceptors (Lipinski definition) is 6. The molecular formula is C25H32FN5O. The Morgan fingerprint density at radius 2 is 2.03 bits per heavy atom. The van der Waals surface area contributed by atoms with Gasteiger partial charge in [-0.25, -0.2) is 9.37 Å². The number of anilines is 2. The summed E-state index contributed by atoms with van der Waals surface area (Å²) in [5.41, 5.74) is 6.99. The van der Waals surface area contributed by atoms with Gasteiger partial charge in [-0.1, -0.05) is 40.7 Å². The maximum Gasteiger partial charge on any atom is 0.222 e. The first-order valence-electron chi connectivity index (χ1n) is 11.1. The van der Waals surface area contributed by atoms with E-state index in [0.29, 0.717) is 41.7 Å². The van der Waals surface area contributed by atoms with Crippen LogP contribution in [0.2, 0.25) is 0 Å². The summed E-state index contributed by atoms with van der Waals surface area (Å²) in [6.07, 6.45) is 1.55. The largest absolute Gasteiger partial charge is 0.368 e. The second-order valence-electron chi connectivity index (χ2n) is 10.3. The molecule has 3 unspecified atom stereocenters. The molecule has 6 nitrogen and oxygen atoms in total. The molecule has 0 amide bonds. The second-order valence-corrected chi connectivity index (χ2v) is 10.3. The van der Waals surface area contributed by atoms with Crippen LogP contribution < -0.4 is 10.6 Å². The van der Waals surface area contributed by atoms with Gasteiger partial charge in [-0.15, -0.1) is 0 Å². The molecule has 170 valence electrons. The number of carbonyl (C=O) groups is 1. The second kappa shape index (κ2) is 9.23.